The van der Waals surface area contributed by atoms with Crippen molar-refractivity contribution in [2.45, 2.75) is 25.6 Å². The summed E-state index contributed by atoms with van der Waals surface area (Å²) in [6.45, 7) is 0.174. The number of ether oxygens (including phenoxy) is 1. The number of aromatic nitrogens is 2. The first-order valence-electron chi connectivity index (χ1n) is 7.00. The number of rotatable bonds is 4. The molecule has 0 radical (unpaired) electrons. The van der Waals surface area contributed by atoms with Crippen LogP contribution in [-0.4, -0.2) is 39.1 Å². The van der Waals surface area contributed by atoms with Gasteiger partial charge in [0.05, 0.1) is 24.8 Å². The van der Waals surface area contributed by atoms with Crippen LogP contribution in [0.5, 0.6) is 5.75 Å². The second-order valence-electron chi connectivity index (χ2n) is 5.33. The second-order valence-corrected chi connectivity index (χ2v) is 5.33. The lowest BCUT2D eigenvalue weighted by atomic mass is 10.0. The Balaban J connectivity index is 1.95. The first kappa shape index (κ1) is 15.4. The fraction of sp³-hybridized carbons (Fsp3) is 0.333. The maximum atomic E-state index is 14.1. The van der Waals surface area contributed by atoms with Gasteiger partial charge in [-0.1, -0.05) is 0 Å². The van der Waals surface area contributed by atoms with E-state index in [9.17, 15) is 18.7 Å². The Bertz CT molecular complexity index is 748. The van der Waals surface area contributed by atoms with E-state index >= 15 is 0 Å². The number of nitrogens with one attached hydrogen (secondary N) is 1. The van der Waals surface area contributed by atoms with Crippen LogP contribution >= 0.6 is 0 Å². The summed E-state index contributed by atoms with van der Waals surface area (Å²) in [5, 5.41) is 9.42. The van der Waals surface area contributed by atoms with E-state index in [1.165, 1.54) is 19.5 Å². The summed E-state index contributed by atoms with van der Waals surface area (Å²) in [6, 6.07) is 1.45. The predicted molar refractivity (Wildman–Crippen MR) is 75.9 cm³/mol. The first-order chi connectivity index (χ1) is 11.0. The van der Waals surface area contributed by atoms with Gasteiger partial charge in [-0.05, 0) is 12.1 Å². The molecule has 1 aliphatic rings. The number of hydrogen-bond donors (Lipinski definition) is 2. The fourth-order valence-corrected chi connectivity index (χ4v) is 2.81. The summed E-state index contributed by atoms with van der Waals surface area (Å²) in [5.41, 5.74) is 1.46. The van der Waals surface area contributed by atoms with E-state index < -0.39 is 23.6 Å². The van der Waals surface area contributed by atoms with E-state index in [1.54, 1.807) is 4.90 Å². The van der Waals surface area contributed by atoms with Gasteiger partial charge in [-0.3, -0.25) is 9.69 Å². The molecule has 122 valence electrons. The SMILES string of the molecule is COc1ccc(F)c(F)c1CN1Cc2[nH]cnc2C[C@H]1C(=O)O. The highest BCUT2D eigenvalue weighted by molar-refractivity contribution is 5.74. The molecule has 0 saturated carbocycles. The molecule has 2 aromatic rings. The molecule has 1 aromatic heterocycles. The number of carbonyl (C=O) groups is 1. The van der Waals surface area contributed by atoms with Gasteiger partial charge in [-0.2, -0.15) is 0 Å². The number of hydrogen-bond acceptors (Lipinski definition) is 4. The summed E-state index contributed by atoms with van der Waals surface area (Å²) in [5.74, 6) is -2.87. The van der Waals surface area contributed by atoms with Crippen molar-refractivity contribution in [3.8, 4) is 5.75 Å². The van der Waals surface area contributed by atoms with E-state index in [2.05, 4.69) is 9.97 Å². The Morgan fingerprint density at radius 1 is 1.52 bits per heavy atom. The Labute approximate surface area is 130 Å². The van der Waals surface area contributed by atoms with Gasteiger partial charge in [0, 0.05) is 25.1 Å². The van der Waals surface area contributed by atoms with Crippen LogP contribution in [0.2, 0.25) is 0 Å². The van der Waals surface area contributed by atoms with E-state index in [0.717, 1.165) is 11.8 Å². The van der Waals surface area contributed by atoms with E-state index in [1.807, 2.05) is 0 Å². The molecular formula is C15H15F2N3O3. The lowest BCUT2D eigenvalue weighted by Gasteiger charge is -2.32. The zero-order chi connectivity index (χ0) is 16.6. The fourth-order valence-electron chi connectivity index (χ4n) is 2.81. The molecule has 0 unspecified atom stereocenters. The van der Waals surface area contributed by atoms with Gasteiger partial charge in [0.1, 0.15) is 11.8 Å². The standard InChI is InChI=1S/C15H15F2N3O3/c1-23-13-3-2-9(16)14(17)8(13)5-20-6-11-10(18-7-19-11)4-12(20)15(21)22/h2-3,7,12H,4-6H2,1H3,(H,18,19)(H,21,22)/t12-/m0/s1. The van der Waals surface area contributed by atoms with Gasteiger partial charge in [0.25, 0.3) is 0 Å². The first-order valence-corrected chi connectivity index (χ1v) is 7.00. The van der Waals surface area contributed by atoms with Crippen molar-refractivity contribution in [2.24, 2.45) is 0 Å². The zero-order valence-corrected chi connectivity index (χ0v) is 12.3. The summed E-state index contributed by atoms with van der Waals surface area (Å²) in [6.07, 6.45) is 1.70. The predicted octanol–water partition coefficient (Wildman–Crippen LogP) is 1.71. The number of imidazole rings is 1. The van der Waals surface area contributed by atoms with Crippen LogP contribution in [0.15, 0.2) is 18.5 Å². The molecule has 1 atom stereocenters. The Morgan fingerprint density at radius 3 is 3.00 bits per heavy atom. The molecule has 1 aliphatic heterocycles. The summed E-state index contributed by atoms with van der Waals surface area (Å²) < 4.78 is 32.7. The van der Waals surface area contributed by atoms with Crippen LogP contribution in [0.25, 0.3) is 0 Å². The molecule has 0 aliphatic carbocycles. The Hall–Kier alpha value is -2.48. The third kappa shape index (κ3) is 2.77. The van der Waals surface area contributed by atoms with E-state index in [0.29, 0.717) is 5.69 Å². The van der Waals surface area contributed by atoms with Gasteiger partial charge in [-0.15, -0.1) is 0 Å². The molecule has 2 N–H and O–H groups in total. The highest BCUT2D eigenvalue weighted by Gasteiger charge is 2.34. The molecule has 1 aromatic carbocycles. The molecule has 0 saturated heterocycles. The monoisotopic (exact) mass is 323 g/mol. The highest BCUT2D eigenvalue weighted by Crippen LogP contribution is 2.29. The molecule has 0 spiro atoms. The number of aromatic amines is 1. The van der Waals surface area contributed by atoms with Crippen LogP contribution in [0.1, 0.15) is 17.0 Å². The van der Waals surface area contributed by atoms with Gasteiger partial charge >= 0.3 is 5.97 Å². The van der Waals surface area contributed by atoms with Crippen molar-refractivity contribution < 1.29 is 23.4 Å². The number of halogens is 2. The average molecular weight is 323 g/mol. The van der Waals surface area contributed by atoms with Crippen LogP contribution in [0.3, 0.4) is 0 Å². The quantitative estimate of drug-likeness (QED) is 0.895. The zero-order valence-electron chi connectivity index (χ0n) is 12.3. The number of fused-ring (bicyclic) bond motifs is 1. The molecule has 3 rings (SSSR count). The van der Waals surface area contributed by atoms with Crippen molar-refractivity contribution in [1.29, 1.82) is 0 Å². The minimum atomic E-state index is -1.03. The highest BCUT2D eigenvalue weighted by atomic mass is 19.2. The van der Waals surface area contributed by atoms with Crippen molar-refractivity contribution in [3.05, 3.63) is 47.0 Å². The molecule has 6 nitrogen and oxygen atoms in total. The van der Waals surface area contributed by atoms with Gasteiger partial charge in [-0.25, -0.2) is 13.8 Å². The van der Waals surface area contributed by atoms with Crippen molar-refractivity contribution >= 4 is 5.97 Å². The van der Waals surface area contributed by atoms with Crippen LogP contribution in [0.4, 0.5) is 8.78 Å². The number of H-pyrrole nitrogens is 1. The third-order valence-corrected chi connectivity index (χ3v) is 4.02. The largest absolute Gasteiger partial charge is 0.496 e. The number of nitrogens with zero attached hydrogens (tertiary/aromatic N) is 2. The maximum Gasteiger partial charge on any atom is 0.321 e. The van der Waals surface area contributed by atoms with Gasteiger partial charge < -0.3 is 14.8 Å². The Kier molecular flexibility index (Phi) is 3.99. The Morgan fingerprint density at radius 2 is 2.30 bits per heavy atom. The molecular weight excluding hydrogens is 308 g/mol. The molecule has 23 heavy (non-hydrogen) atoms. The normalized spacial score (nSPS) is 17.8. The second kappa shape index (κ2) is 5.96. The molecule has 8 heteroatoms. The van der Waals surface area contributed by atoms with Crippen LogP contribution < -0.4 is 4.74 Å². The minimum Gasteiger partial charge on any atom is -0.496 e. The maximum absolute atomic E-state index is 14.1. The van der Waals surface area contributed by atoms with E-state index in [-0.39, 0.29) is 30.8 Å². The summed E-state index contributed by atoms with van der Waals surface area (Å²) in [7, 11) is 1.36. The third-order valence-electron chi connectivity index (χ3n) is 4.02. The molecule has 0 fully saturated rings. The number of aliphatic carboxylic acids is 1. The number of carboxylic acids is 1. The lowest BCUT2D eigenvalue weighted by Crippen LogP contribution is -2.45. The molecule has 0 bridgehead atoms. The summed E-state index contributed by atoms with van der Waals surface area (Å²) >= 11 is 0. The topological polar surface area (TPSA) is 78.5 Å². The van der Waals surface area contributed by atoms with Crippen molar-refractivity contribution in [1.82, 2.24) is 14.9 Å². The van der Waals surface area contributed by atoms with Crippen LogP contribution in [-0.2, 0) is 24.3 Å². The molecule has 0 amide bonds. The van der Waals surface area contributed by atoms with E-state index in [4.69, 9.17) is 4.74 Å². The molecule has 2 heterocycles. The smallest absolute Gasteiger partial charge is 0.321 e. The lowest BCUT2D eigenvalue weighted by molar-refractivity contribution is -0.144. The average Bonchev–Trinajstić information content (AvgIpc) is 2.98. The van der Waals surface area contributed by atoms with Crippen molar-refractivity contribution in [2.75, 3.05) is 7.11 Å². The number of carboxylic acid groups (broad SMARTS) is 1. The minimum absolute atomic E-state index is 0.00159. The van der Waals surface area contributed by atoms with Crippen molar-refractivity contribution in [3.63, 3.8) is 0 Å². The van der Waals surface area contributed by atoms with Crippen LogP contribution in [0, 0.1) is 11.6 Å². The number of methoxy groups -OCH3 is 1. The summed E-state index contributed by atoms with van der Waals surface area (Å²) in [4.78, 5) is 20.1. The van der Waals surface area contributed by atoms with Gasteiger partial charge in [0.2, 0.25) is 0 Å². The van der Waals surface area contributed by atoms with Gasteiger partial charge in [0.15, 0.2) is 11.6 Å². The number of benzene rings is 1.